The van der Waals surface area contributed by atoms with Crippen molar-refractivity contribution in [2.24, 2.45) is 0 Å². The van der Waals surface area contributed by atoms with Crippen LogP contribution in [0.3, 0.4) is 0 Å². The lowest BCUT2D eigenvalue weighted by atomic mass is 10.1. The molecule has 0 saturated carbocycles. The standard InChI is InChI=1S/C17H16N2OS/c1-3-19-15-11-14(13-6-8-18-9-7-13)4-5-16(15)21-17(19)10-12(2)20/h4-11H,3H2,1-2H3/b17-10-. The van der Waals surface area contributed by atoms with Crippen LogP contribution in [0.25, 0.3) is 11.1 Å². The molecule has 3 nitrogen and oxygen atoms in total. The number of hydrogen-bond donors (Lipinski definition) is 0. The zero-order valence-corrected chi connectivity index (χ0v) is 12.9. The molecule has 2 aromatic rings. The molecule has 106 valence electrons. The molecule has 0 spiro atoms. The highest BCUT2D eigenvalue weighted by Crippen LogP contribution is 2.47. The third-order valence-electron chi connectivity index (χ3n) is 3.39. The summed E-state index contributed by atoms with van der Waals surface area (Å²) in [5.41, 5.74) is 3.49. The highest BCUT2D eigenvalue weighted by molar-refractivity contribution is 8.03. The van der Waals surface area contributed by atoms with Crippen molar-refractivity contribution < 1.29 is 4.79 Å². The fourth-order valence-corrected chi connectivity index (χ4v) is 3.63. The Morgan fingerprint density at radius 1 is 1.24 bits per heavy atom. The number of allylic oxidation sites excluding steroid dienone is 1. The Morgan fingerprint density at radius 3 is 2.67 bits per heavy atom. The van der Waals surface area contributed by atoms with Crippen molar-refractivity contribution in [2.75, 3.05) is 11.4 Å². The molecular weight excluding hydrogens is 280 g/mol. The van der Waals surface area contributed by atoms with Crippen LogP contribution in [0.15, 0.2) is 58.7 Å². The number of anilines is 1. The van der Waals surface area contributed by atoms with Gasteiger partial charge < -0.3 is 4.90 Å². The third-order valence-corrected chi connectivity index (χ3v) is 4.50. The van der Waals surface area contributed by atoms with Crippen molar-refractivity contribution in [3.8, 4) is 11.1 Å². The lowest BCUT2D eigenvalue weighted by Crippen LogP contribution is -2.17. The molecule has 21 heavy (non-hydrogen) atoms. The average molecular weight is 296 g/mol. The third kappa shape index (κ3) is 2.72. The zero-order chi connectivity index (χ0) is 14.8. The lowest BCUT2D eigenvalue weighted by Gasteiger charge is -2.18. The van der Waals surface area contributed by atoms with Crippen molar-refractivity contribution >= 4 is 23.2 Å². The largest absolute Gasteiger partial charge is 0.335 e. The number of carbonyl (C=O) groups excluding carboxylic acids is 1. The maximum atomic E-state index is 11.4. The molecule has 0 atom stereocenters. The molecule has 0 aliphatic carbocycles. The number of ketones is 1. The van der Waals surface area contributed by atoms with E-state index in [2.05, 4.69) is 35.0 Å². The van der Waals surface area contributed by atoms with E-state index < -0.39 is 0 Å². The van der Waals surface area contributed by atoms with E-state index in [0.717, 1.165) is 17.1 Å². The second-order valence-corrected chi connectivity index (χ2v) is 5.92. The number of rotatable bonds is 3. The Balaban J connectivity index is 2.03. The summed E-state index contributed by atoms with van der Waals surface area (Å²) in [4.78, 5) is 18.8. The Labute approximate surface area is 128 Å². The first-order valence-corrected chi connectivity index (χ1v) is 7.73. The van der Waals surface area contributed by atoms with Crippen LogP contribution in [-0.2, 0) is 4.79 Å². The Kier molecular flexibility index (Phi) is 3.80. The second-order valence-electron chi connectivity index (χ2n) is 4.86. The number of benzene rings is 1. The summed E-state index contributed by atoms with van der Waals surface area (Å²) in [7, 11) is 0. The van der Waals surface area contributed by atoms with E-state index in [-0.39, 0.29) is 5.78 Å². The molecule has 0 saturated heterocycles. The smallest absolute Gasteiger partial charge is 0.155 e. The predicted molar refractivity (Wildman–Crippen MR) is 87.3 cm³/mol. The minimum Gasteiger partial charge on any atom is -0.335 e. The molecule has 2 heterocycles. The van der Waals surface area contributed by atoms with Crippen molar-refractivity contribution in [3.05, 3.63) is 53.8 Å². The van der Waals surface area contributed by atoms with Gasteiger partial charge in [0.1, 0.15) is 0 Å². The lowest BCUT2D eigenvalue weighted by molar-refractivity contribution is -0.112. The van der Waals surface area contributed by atoms with Crippen LogP contribution in [0.5, 0.6) is 0 Å². The van der Waals surface area contributed by atoms with E-state index in [0.29, 0.717) is 0 Å². The number of hydrogen-bond acceptors (Lipinski definition) is 4. The minimum atomic E-state index is 0.0816. The molecule has 0 amide bonds. The zero-order valence-electron chi connectivity index (χ0n) is 12.0. The maximum Gasteiger partial charge on any atom is 0.155 e. The van der Waals surface area contributed by atoms with E-state index in [4.69, 9.17) is 0 Å². The number of pyridine rings is 1. The first-order chi connectivity index (χ1) is 10.2. The van der Waals surface area contributed by atoms with Gasteiger partial charge in [-0.25, -0.2) is 0 Å². The van der Waals surface area contributed by atoms with Gasteiger partial charge in [-0.3, -0.25) is 9.78 Å². The first kappa shape index (κ1) is 13.9. The topological polar surface area (TPSA) is 33.2 Å². The first-order valence-electron chi connectivity index (χ1n) is 6.91. The quantitative estimate of drug-likeness (QED) is 0.798. The molecule has 0 bridgehead atoms. The normalized spacial score (nSPS) is 15.3. The van der Waals surface area contributed by atoms with Gasteiger partial charge in [-0.2, -0.15) is 0 Å². The highest BCUT2D eigenvalue weighted by Gasteiger charge is 2.24. The monoisotopic (exact) mass is 296 g/mol. The van der Waals surface area contributed by atoms with Crippen LogP contribution >= 0.6 is 11.8 Å². The molecular formula is C17H16N2OS. The van der Waals surface area contributed by atoms with Crippen LogP contribution in [0, 0.1) is 0 Å². The summed E-state index contributed by atoms with van der Waals surface area (Å²) in [6.45, 7) is 4.54. The van der Waals surface area contributed by atoms with Crippen molar-refractivity contribution in [3.63, 3.8) is 0 Å². The number of thioether (sulfide) groups is 1. The Morgan fingerprint density at radius 2 is 2.00 bits per heavy atom. The van der Waals surface area contributed by atoms with Crippen molar-refractivity contribution in [2.45, 2.75) is 18.7 Å². The summed E-state index contributed by atoms with van der Waals surface area (Å²) >= 11 is 1.65. The van der Waals surface area contributed by atoms with Gasteiger partial charge in [0.2, 0.25) is 0 Å². The molecule has 0 radical (unpaired) electrons. The van der Waals surface area contributed by atoms with Gasteiger partial charge in [0.25, 0.3) is 0 Å². The van der Waals surface area contributed by atoms with Crippen molar-refractivity contribution in [1.82, 2.24) is 4.98 Å². The predicted octanol–water partition coefficient (Wildman–Crippen LogP) is 4.11. The number of aromatic nitrogens is 1. The molecule has 1 aromatic carbocycles. The van der Waals surface area contributed by atoms with Gasteiger partial charge in [-0.1, -0.05) is 17.8 Å². The minimum absolute atomic E-state index is 0.0816. The highest BCUT2D eigenvalue weighted by atomic mass is 32.2. The van der Waals surface area contributed by atoms with Crippen molar-refractivity contribution in [1.29, 1.82) is 0 Å². The number of carbonyl (C=O) groups is 1. The molecule has 3 rings (SSSR count). The Bertz CT molecular complexity index is 710. The summed E-state index contributed by atoms with van der Waals surface area (Å²) in [5.74, 6) is 0.0816. The molecule has 4 heteroatoms. The van der Waals surface area contributed by atoms with E-state index >= 15 is 0 Å². The van der Waals surface area contributed by atoms with Crippen LogP contribution in [0.2, 0.25) is 0 Å². The van der Waals surface area contributed by atoms with Crippen LogP contribution in [0.1, 0.15) is 13.8 Å². The van der Waals surface area contributed by atoms with Crippen LogP contribution in [-0.4, -0.2) is 17.3 Å². The Hall–Kier alpha value is -2.07. The summed E-state index contributed by atoms with van der Waals surface area (Å²) in [6, 6.07) is 10.4. The summed E-state index contributed by atoms with van der Waals surface area (Å²) in [5, 5.41) is 1.01. The maximum absolute atomic E-state index is 11.4. The molecule has 0 unspecified atom stereocenters. The average Bonchev–Trinajstić information content (AvgIpc) is 2.83. The number of fused-ring (bicyclic) bond motifs is 1. The SMILES string of the molecule is CCN1/C(=C/C(C)=O)Sc2ccc(-c3ccncc3)cc21. The van der Waals surface area contributed by atoms with Gasteiger partial charge in [0.05, 0.1) is 10.7 Å². The molecule has 0 fully saturated rings. The molecule has 1 aliphatic heterocycles. The summed E-state index contributed by atoms with van der Waals surface area (Å²) in [6.07, 6.45) is 5.31. The van der Waals surface area contributed by atoms with Gasteiger partial charge in [-0.05, 0) is 49.2 Å². The molecule has 1 aromatic heterocycles. The van der Waals surface area contributed by atoms with E-state index in [1.165, 1.54) is 16.1 Å². The fourth-order valence-electron chi connectivity index (χ4n) is 2.43. The van der Waals surface area contributed by atoms with E-state index in [1.54, 1.807) is 37.2 Å². The van der Waals surface area contributed by atoms with Gasteiger partial charge >= 0.3 is 0 Å². The van der Waals surface area contributed by atoms with Crippen LogP contribution < -0.4 is 4.90 Å². The second kappa shape index (κ2) is 5.74. The van der Waals surface area contributed by atoms with Crippen LogP contribution in [0.4, 0.5) is 5.69 Å². The van der Waals surface area contributed by atoms with Gasteiger partial charge in [0, 0.05) is 29.9 Å². The van der Waals surface area contributed by atoms with E-state index in [9.17, 15) is 4.79 Å². The van der Waals surface area contributed by atoms with E-state index in [1.807, 2.05) is 12.1 Å². The van der Waals surface area contributed by atoms with Gasteiger partial charge in [0.15, 0.2) is 5.78 Å². The number of nitrogens with zero attached hydrogens (tertiary/aromatic N) is 2. The molecule has 0 N–H and O–H groups in total. The molecule has 1 aliphatic rings. The van der Waals surface area contributed by atoms with Gasteiger partial charge in [-0.15, -0.1) is 0 Å². The fraction of sp³-hybridized carbons (Fsp3) is 0.176. The summed E-state index contributed by atoms with van der Waals surface area (Å²) < 4.78 is 0.